The second-order valence-electron chi connectivity index (χ2n) is 15.2. The van der Waals surface area contributed by atoms with Gasteiger partial charge in [-0.3, -0.25) is 10.2 Å². The summed E-state index contributed by atoms with van der Waals surface area (Å²) in [5.41, 5.74) is 0. The predicted molar refractivity (Wildman–Crippen MR) is 216 cm³/mol. The van der Waals surface area contributed by atoms with Crippen LogP contribution in [0, 0.1) is 5.41 Å². The number of nitrogens with one attached hydrogen (secondary N) is 1. The highest BCUT2D eigenvalue weighted by Gasteiger charge is 2.13. The minimum Gasteiger partial charge on any atom is -0.478 e. The highest BCUT2D eigenvalue weighted by atomic mass is 16.5. The van der Waals surface area contributed by atoms with Gasteiger partial charge in [-0.1, -0.05) is 162 Å². The van der Waals surface area contributed by atoms with Crippen LogP contribution in [0.4, 0.5) is 0 Å². The first-order chi connectivity index (χ1) is 24.6. The van der Waals surface area contributed by atoms with Gasteiger partial charge in [0.15, 0.2) is 5.90 Å². The molecular weight excluding hydrogens is 620 g/mol. The minimum atomic E-state index is -0.0420. The van der Waals surface area contributed by atoms with Crippen LogP contribution >= 0.6 is 0 Å². The molecule has 0 amide bonds. The molecule has 0 aliphatic rings. The summed E-state index contributed by atoms with van der Waals surface area (Å²) in [6, 6.07) is 0. The molecular formula is C44H88N2O4. The number of hydrogen-bond donors (Lipinski definition) is 2. The molecule has 0 saturated heterocycles. The Balaban J connectivity index is 3.96. The molecule has 0 fully saturated rings. The average Bonchev–Trinajstić information content (AvgIpc) is 3.11. The Hall–Kier alpha value is -1.14. The fourth-order valence-electron chi connectivity index (χ4n) is 6.91. The maximum Gasteiger partial charge on any atom is 0.305 e. The van der Waals surface area contributed by atoms with Crippen molar-refractivity contribution in [1.82, 2.24) is 4.90 Å². The predicted octanol–water partition coefficient (Wildman–Crippen LogP) is 13.1. The van der Waals surface area contributed by atoms with E-state index in [9.17, 15) is 9.90 Å². The lowest BCUT2D eigenvalue weighted by molar-refractivity contribution is -0.143. The molecule has 0 rings (SSSR count). The normalized spacial score (nSPS) is 11.6. The maximum absolute atomic E-state index is 12.1. The van der Waals surface area contributed by atoms with E-state index in [1.807, 2.05) is 0 Å². The lowest BCUT2D eigenvalue weighted by atomic mass is 10.0. The smallest absolute Gasteiger partial charge is 0.305 e. The van der Waals surface area contributed by atoms with Crippen molar-refractivity contribution in [2.45, 2.75) is 239 Å². The molecule has 0 radical (unpaired) electrons. The first kappa shape index (κ1) is 48.9. The zero-order valence-corrected chi connectivity index (χ0v) is 34.1. The topological polar surface area (TPSA) is 82.9 Å². The van der Waals surface area contributed by atoms with Crippen LogP contribution in [0.5, 0.6) is 0 Å². The molecule has 0 atom stereocenters. The number of ether oxygens (including phenoxy) is 2. The molecule has 0 aliphatic carbocycles. The van der Waals surface area contributed by atoms with Crippen molar-refractivity contribution in [3.8, 4) is 0 Å². The van der Waals surface area contributed by atoms with Gasteiger partial charge in [-0.15, -0.1) is 0 Å². The lowest BCUT2D eigenvalue weighted by Gasteiger charge is -2.21. The van der Waals surface area contributed by atoms with Crippen molar-refractivity contribution in [2.24, 2.45) is 0 Å². The van der Waals surface area contributed by atoms with E-state index >= 15 is 0 Å². The first-order valence-corrected chi connectivity index (χ1v) is 22.3. The van der Waals surface area contributed by atoms with Crippen molar-refractivity contribution in [3.63, 3.8) is 0 Å². The van der Waals surface area contributed by atoms with Gasteiger partial charge in [-0.05, 0) is 70.9 Å². The number of unbranched alkanes of at least 4 members (excludes halogenated alkanes) is 24. The van der Waals surface area contributed by atoms with E-state index in [1.54, 1.807) is 0 Å². The van der Waals surface area contributed by atoms with Gasteiger partial charge < -0.3 is 19.5 Å². The van der Waals surface area contributed by atoms with Crippen LogP contribution in [0.15, 0.2) is 0 Å². The van der Waals surface area contributed by atoms with Crippen LogP contribution in [0.25, 0.3) is 0 Å². The number of nitrogens with zero attached hydrogens (tertiary/aromatic N) is 1. The standard InChI is InChI=1S/C44H88N2O4/c1-4-7-10-13-16-17-18-24-32-41-49-44(48)36-29-25-31-38-46(39-40-47)37-30-23-19-22-28-35-43(45)50-42(33-26-20-14-11-8-5-2)34-27-21-15-12-9-6-3/h42,45,47H,4-41H2,1-3H3. The molecule has 0 unspecified atom stereocenters. The van der Waals surface area contributed by atoms with E-state index in [1.165, 1.54) is 141 Å². The van der Waals surface area contributed by atoms with Gasteiger partial charge in [0, 0.05) is 19.4 Å². The Morgan fingerprint density at radius 1 is 0.520 bits per heavy atom. The molecule has 50 heavy (non-hydrogen) atoms. The third-order valence-corrected chi connectivity index (χ3v) is 10.2. The Kier molecular flexibility index (Phi) is 39.7. The zero-order valence-electron chi connectivity index (χ0n) is 34.1. The molecule has 0 saturated carbocycles. The second-order valence-corrected chi connectivity index (χ2v) is 15.2. The van der Waals surface area contributed by atoms with Crippen LogP contribution < -0.4 is 0 Å². The van der Waals surface area contributed by atoms with E-state index in [4.69, 9.17) is 14.9 Å². The highest BCUT2D eigenvalue weighted by molar-refractivity contribution is 5.72. The maximum atomic E-state index is 12.1. The van der Waals surface area contributed by atoms with E-state index < -0.39 is 0 Å². The Morgan fingerprint density at radius 3 is 1.42 bits per heavy atom. The molecule has 0 aromatic rings. The number of carbonyl (C=O) groups is 1. The minimum absolute atomic E-state index is 0.0420. The zero-order chi connectivity index (χ0) is 36.6. The molecule has 0 aromatic heterocycles. The number of aliphatic hydroxyl groups is 1. The van der Waals surface area contributed by atoms with Crippen LogP contribution in [0.1, 0.15) is 233 Å². The van der Waals surface area contributed by atoms with Gasteiger partial charge in [-0.2, -0.15) is 0 Å². The third-order valence-electron chi connectivity index (χ3n) is 10.2. The Morgan fingerprint density at radius 2 is 0.920 bits per heavy atom. The number of esters is 1. The van der Waals surface area contributed by atoms with Crippen molar-refractivity contribution >= 4 is 11.9 Å². The van der Waals surface area contributed by atoms with Crippen molar-refractivity contribution in [2.75, 3.05) is 32.8 Å². The summed E-state index contributed by atoms with van der Waals surface area (Å²) in [6.45, 7) is 10.3. The van der Waals surface area contributed by atoms with E-state index in [-0.39, 0.29) is 18.7 Å². The lowest BCUT2D eigenvalue weighted by Crippen LogP contribution is -2.29. The van der Waals surface area contributed by atoms with Crippen molar-refractivity contribution in [1.29, 1.82) is 5.41 Å². The summed E-state index contributed by atoms with van der Waals surface area (Å²) in [4.78, 5) is 14.5. The molecule has 0 aliphatic heterocycles. The van der Waals surface area contributed by atoms with Gasteiger partial charge in [0.25, 0.3) is 0 Å². The summed E-state index contributed by atoms with van der Waals surface area (Å²) < 4.78 is 11.7. The SMILES string of the molecule is CCCCCCCCCCCOC(=O)CCCCCN(CCO)CCCCCCCC(=N)OC(CCCCCCCC)CCCCCCCC. The quantitative estimate of drug-likeness (QED) is 0.0286. The molecule has 2 N–H and O–H groups in total. The molecule has 6 nitrogen and oxygen atoms in total. The van der Waals surface area contributed by atoms with Crippen molar-refractivity contribution in [3.05, 3.63) is 0 Å². The monoisotopic (exact) mass is 709 g/mol. The first-order valence-electron chi connectivity index (χ1n) is 22.3. The summed E-state index contributed by atoms with van der Waals surface area (Å²) in [5.74, 6) is 0.466. The molecule has 0 spiro atoms. The molecule has 0 aromatic carbocycles. The Labute approximate surface area is 312 Å². The van der Waals surface area contributed by atoms with E-state index in [0.29, 0.717) is 18.9 Å². The Bertz CT molecular complexity index is 688. The molecule has 0 bridgehead atoms. The van der Waals surface area contributed by atoms with Crippen LogP contribution in [0.3, 0.4) is 0 Å². The van der Waals surface area contributed by atoms with E-state index in [2.05, 4.69) is 25.7 Å². The van der Waals surface area contributed by atoms with E-state index in [0.717, 1.165) is 83.8 Å². The van der Waals surface area contributed by atoms with Gasteiger partial charge in [-0.25, -0.2) is 0 Å². The summed E-state index contributed by atoms with van der Waals surface area (Å²) in [5, 5.41) is 18.0. The summed E-state index contributed by atoms with van der Waals surface area (Å²) in [6.07, 6.45) is 39.7. The van der Waals surface area contributed by atoms with Crippen LogP contribution in [-0.2, 0) is 14.3 Å². The fourth-order valence-corrected chi connectivity index (χ4v) is 6.91. The van der Waals surface area contributed by atoms with Gasteiger partial charge in [0.05, 0.1) is 13.2 Å². The number of rotatable bonds is 41. The van der Waals surface area contributed by atoms with Gasteiger partial charge >= 0.3 is 5.97 Å². The van der Waals surface area contributed by atoms with Crippen LogP contribution in [-0.4, -0.2) is 60.8 Å². The largest absolute Gasteiger partial charge is 0.478 e. The van der Waals surface area contributed by atoms with Gasteiger partial charge in [0.1, 0.15) is 6.10 Å². The third kappa shape index (κ3) is 36.6. The number of hydrogen-bond acceptors (Lipinski definition) is 6. The summed E-state index contributed by atoms with van der Waals surface area (Å²) >= 11 is 0. The van der Waals surface area contributed by atoms with Crippen molar-refractivity contribution < 1.29 is 19.4 Å². The highest BCUT2D eigenvalue weighted by Crippen LogP contribution is 2.18. The number of aliphatic hydroxyl groups excluding tert-OH is 1. The molecule has 6 heteroatoms. The molecule has 0 heterocycles. The fraction of sp³-hybridized carbons (Fsp3) is 0.955. The van der Waals surface area contributed by atoms with Crippen LogP contribution in [0.2, 0.25) is 0 Å². The average molecular weight is 709 g/mol. The molecule has 298 valence electrons. The number of carbonyl (C=O) groups excluding carboxylic acids is 1. The second kappa shape index (κ2) is 40.6. The van der Waals surface area contributed by atoms with Gasteiger partial charge in [0.2, 0.25) is 0 Å². The summed E-state index contributed by atoms with van der Waals surface area (Å²) in [7, 11) is 0.